The van der Waals surface area contributed by atoms with Gasteiger partial charge in [0, 0.05) is 25.5 Å². The van der Waals surface area contributed by atoms with Crippen LogP contribution in [0.5, 0.6) is 0 Å². The standard InChI is InChI=1S/C20H17N3O2/c1-23(2)16-8-5-9-17-18(16)19(22-25-17)20(24)21-15-11-10-13-6-3-4-7-14(13)12-15/h3-12H,1-2H3,(H,21,24). The van der Waals surface area contributed by atoms with Crippen LogP contribution in [0, 0.1) is 0 Å². The van der Waals surface area contributed by atoms with Gasteiger partial charge in [-0.25, -0.2) is 0 Å². The average Bonchev–Trinajstić information content (AvgIpc) is 3.05. The Morgan fingerprint density at radius 2 is 1.80 bits per heavy atom. The molecule has 1 heterocycles. The smallest absolute Gasteiger partial charge is 0.278 e. The molecular formula is C20H17N3O2. The highest BCUT2D eigenvalue weighted by molar-refractivity contribution is 6.14. The number of nitrogens with one attached hydrogen (secondary N) is 1. The average molecular weight is 331 g/mol. The maximum Gasteiger partial charge on any atom is 0.278 e. The molecule has 0 aliphatic rings. The molecule has 3 aromatic carbocycles. The van der Waals surface area contributed by atoms with Crippen molar-refractivity contribution >= 4 is 39.0 Å². The van der Waals surface area contributed by atoms with E-state index in [0.717, 1.165) is 22.1 Å². The Morgan fingerprint density at radius 3 is 2.60 bits per heavy atom. The summed E-state index contributed by atoms with van der Waals surface area (Å²) in [6.07, 6.45) is 0. The van der Waals surface area contributed by atoms with E-state index in [1.54, 1.807) is 0 Å². The second-order valence-corrected chi connectivity index (χ2v) is 6.09. The van der Waals surface area contributed by atoms with E-state index >= 15 is 0 Å². The van der Waals surface area contributed by atoms with Gasteiger partial charge in [-0.2, -0.15) is 0 Å². The molecule has 0 unspecified atom stereocenters. The summed E-state index contributed by atoms with van der Waals surface area (Å²) in [5.41, 5.74) is 2.49. The molecule has 4 rings (SSSR count). The zero-order valence-corrected chi connectivity index (χ0v) is 14.0. The molecule has 1 aromatic heterocycles. The molecule has 0 atom stereocenters. The predicted molar refractivity (Wildman–Crippen MR) is 100 cm³/mol. The van der Waals surface area contributed by atoms with Gasteiger partial charge in [-0.05, 0) is 35.0 Å². The van der Waals surface area contributed by atoms with E-state index in [-0.39, 0.29) is 11.6 Å². The third-order valence-corrected chi connectivity index (χ3v) is 4.18. The Labute approximate surface area is 144 Å². The van der Waals surface area contributed by atoms with Crippen LogP contribution < -0.4 is 10.2 Å². The second-order valence-electron chi connectivity index (χ2n) is 6.09. The fourth-order valence-electron chi connectivity index (χ4n) is 2.96. The van der Waals surface area contributed by atoms with Crippen molar-refractivity contribution in [3.63, 3.8) is 0 Å². The van der Waals surface area contributed by atoms with Crippen molar-refractivity contribution in [3.8, 4) is 0 Å². The van der Waals surface area contributed by atoms with Crippen molar-refractivity contribution in [2.24, 2.45) is 0 Å². The first-order valence-electron chi connectivity index (χ1n) is 7.99. The van der Waals surface area contributed by atoms with Gasteiger partial charge in [0.25, 0.3) is 5.91 Å². The minimum absolute atomic E-state index is 0.285. The van der Waals surface area contributed by atoms with Crippen molar-refractivity contribution < 1.29 is 9.32 Å². The lowest BCUT2D eigenvalue weighted by Crippen LogP contribution is -2.14. The van der Waals surface area contributed by atoms with Gasteiger partial charge < -0.3 is 14.7 Å². The van der Waals surface area contributed by atoms with Crippen LogP contribution in [0.4, 0.5) is 11.4 Å². The summed E-state index contributed by atoms with van der Waals surface area (Å²) in [4.78, 5) is 14.7. The van der Waals surface area contributed by atoms with Crippen LogP contribution in [0.1, 0.15) is 10.5 Å². The molecule has 25 heavy (non-hydrogen) atoms. The van der Waals surface area contributed by atoms with Crippen molar-refractivity contribution in [1.82, 2.24) is 5.16 Å². The fraction of sp³-hybridized carbons (Fsp3) is 0.100. The van der Waals surface area contributed by atoms with Gasteiger partial charge >= 0.3 is 0 Å². The van der Waals surface area contributed by atoms with Crippen LogP contribution in [0.15, 0.2) is 65.2 Å². The Hall–Kier alpha value is -3.34. The number of hydrogen-bond acceptors (Lipinski definition) is 4. The highest BCUT2D eigenvalue weighted by Crippen LogP contribution is 2.29. The number of carbonyl (C=O) groups excluding carboxylic acids is 1. The molecule has 0 aliphatic carbocycles. The van der Waals surface area contributed by atoms with E-state index in [2.05, 4.69) is 10.5 Å². The molecule has 5 heteroatoms. The topological polar surface area (TPSA) is 58.4 Å². The van der Waals surface area contributed by atoms with E-state index in [0.29, 0.717) is 11.0 Å². The Bertz CT molecular complexity index is 1080. The van der Waals surface area contributed by atoms with Gasteiger partial charge in [-0.1, -0.05) is 41.6 Å². The highest BCUT2D eigenvalue weighted by Gasteiger charge is 2.20. The number of hydrogen-bond donors (Lipinski definition) is 1. The lowest BCUT2D eigenvalue weighted by Gasteiger charge is -2.13. The third-order valence-electron chi connectivity index (χ3n) is 4.18. The molecule has 0 spiro atoms. The van der Waals surface area contributed by atoms with Gasteiger partial charge in [0.1, 0.15) is 0 Å². The third kappa shape index (κ3) is 2.70. The largest absolute Gasteiger partial charge is 0.377 e. The zero-order chi connectivity index (χ0) is 17.4. The molecule has 0 radical (unpaired) electrons. The Kier molecular flexibility index (Phi) is 3.61. The number of benzene rings is 3. The van der Waals surface area contributed by atoms with Gasteiger partial charge in [-0.15, -0.1) is 0 Å². The number of nitrogens with zero attached hydrogens (tertiary/aromatic N) is 2. The molecule has 1 N–H and O–H groups in total. The first-order valence-corrected chi connectivity index (χ1v) is 7.99. The van der Waals surface area contributed by atoms with Crippen LogP contribution in [-0.4, -0.2) is 25.2 Å². The van der Waals surface area contributed by atoms with E-state index in [1.807, 2.05) is 79.7 Å². The molecule has 0 saturated heterocycles. The Morgan fingerprint density at radius 1 is 1.00 bits per heavy atom. The summed E-state index contributed by atoms with van der Waals surface area (Å²) in [6.45, 7) is 0. The zero-order valence-electron chi connectivity index (χ0n) is 14.0. The minimum Gasteiger partial charge on any atom is -0.377 e. The van der Waals surface area contributed by atoms with Crippen molar-refractivity contribution in [3.05, 3.63) is 66.4 Å². The summed E-state index contributed by atoms with van der Waals surface area (Å²) in [5, 5.41) is 9.81. The fourth-order valence-corrected chi connectivity index (χ4v) is 2.96. The monoisotopic (exact) mass is 331 g/mol. The SMILES string of the molecule is CN(C)c1cccc2onc(C(=O)Nc3ccc4ccccc4c3)c12. The number of anilines is 2. The van der Waals surface area contributed by atoms with E-state index in [9.17, 15) is 4.79 Å². The van der Waals surface area contributed by atoms with E-state index in [4.69, 9.17) is 4.52 Å². The quantitative estimate of drug-likeness (QED) is 0.608. The van der Waals surface area contributed by atoms with E-state index in [1.165, 1.54) is 0 Å². The van der Waals surface area contributed by atoms with Crippen LogP contribution in [0.25, 0.3) is 21.7 Å². The Balaban J connectivity index is 1.72. The van der Waals surface area contributed by atoms with Crippen LogP contribution >= 0.6 is 0 Å². The molecule has 5 nitrogen and oxygen atoms in total. The van der Waals surface area contributed by atoms with Gasteiger partial charge in [0.05, 0.1) is 5.39 Å². The van der Waals surface area contributed by atoms with Crippen LogP contribution in [-0.2, 0) is 0 Å². The van der Waals surface area contributed by atoms with Gasteiger partial charge in [0.15, 0.2) is 11.3 Å². The molecule has 0 bridgehead atoms. The summed E-state index contributed by atoms with van der Waals surface area (Å²) < 4.78 is 5.33. The van der Waals surface area contributed by atoms with Crippen LogP contribution in [0.2, 0.25) is 0 Å². The first kappa shape index (κ1) is 15.2. The molecule has 4 aromatic rings. The second kappa shape index (κ2) is 5.94. The molecule has 0 fully saturated rings. The number of aromatic nitrogens is 1. The number of amides is 1. The van der Waals surface area contributed by atoms with Gasteiger partial charge in [0.2, 0.25) is 0 Å². The normalized spacial score (nSPS) is 11.0. The van der Waals surface area contributed by atoms with Gasteiger partial charge in [-0.3, -0.25) is 4.79 Å². The summed E-state index contributed by atoms with van der Waals surface area (Å²) in [7, 11) is 3.85. The summed E-state index contributed by atoms with van der Waals surface area (Å²) in [6, 6.07) is 19.5. The van der Waals surface area contributed by atoms with Crippen LogP contribution in [0.3, 0.4) is 0 Å². The van der Waals surface area contributed by atoms with Crippen molar-refractivity contribution in [2.75, 3.05) is 24.3 Å². The summed E-state index contributed by atoms with van der Waals surface area (Å²) in [5.74, 6) is -0.289. The van der Waals surface area contributed by atoms with Crippen molar-refractivity contribution in [1.29, 1.82) is 0 Å². The molecule has 0 saturated carbocycles. The minimum atomic E-state index is -0.289. The predicted octanol–water partition coefficient (Wildman–Crippen LogP) is 4.30. The van der Waals surface area contributed by atoms with Crippen molar-refractivity contribution in [2.45, 2.75) is 0 Å². The molecular weight excluding hydrogens is 314 g/mol. The lowest BCUT2D eigenvalue weighted by atomic mass is 10.1. The van der Waals surface area contributed by atoms with E-state index < -0.39 is 0 Å². The highest BCUT2D eigenvalue weighted by atomic mass is 16.5. The number of carbonyl (C=O) groups is 1. The first-order chi connectivity index (χ1) is 12.1. The lowest BCUT2D eigenvalue weighted by molar-refractivity contribution is 0.102. The number of fused-ring (bicyclic) bond motifs is 2. The number of rotatable bonds is 3. The maximum absolute atomic E-state index is 12.7. The molecule has 124 valence electrons. The molecule has 1 amide bonds. The summed E-state index contributed by atoms with van der Waals surface area (Å²) >= 11 is 0. The molecule has 0 aliphatic heterocycles. The maximum atomic E-state index is 12.7.